The number of hydrogen-bond acceptors (Lipinski definition) is 9. The molecule has 0 radical (unpaired) electrons. The van der Waals surface area contributed by atoms with Crippen LogP contribution < -0.4 is 33.9 Å². The van der Waals surface area contributed by atoms with Crippen LogP contribution in [0.1, 0.15) is 80.1 Å². The van der Waals surface area contributed by atoms with Gasteiger partial charge in [0.2, 0.25) is 0 Å². The second kappa shape index (κ2) is 23.8. The topological polar surface area (TPSA) is 120 Å². The van der Waals surface area contributed by atoms with Gasteiger partial charge in [-0.05, 0) is 127 Å². The summed E-state index contributed by atoms with van der Waals surface area (Å²) < 4.78 is 39.1. The van der Waals surface area contributed by atoms with Crippen molar-refractivity contribution in [1.82, 2.24) is 0 Å². The molecule has 0 amide bonds. The van der Waals surface area contributed by atoms with Crippen LogP contribution in [0, 0.1) is 34.6 Å². The average molecular weight is 867 g/mol. The maximum atomic E-state index is 12.6. The maximum absolute atomic E-state index is 12.6. The number of nitrogens with two attached hydrogens (primary N) is 1. The lowest BCUT2D eigenvalue weighted by molar-refractivity contribution is -0.934. The van der Waals surface area contributed by atoms with Crippen molar-refractivity contribution in [1.29, 1.82) is 0 Å². The van der Waals surface area contributed by atoms with Gasteiger partial charge in [0.25, 0.3) is 0 Å². The minimum absolute atomic E-state index is 0.120. The summed E-state index contributed by atoms with van der Waals surface area (Å²) in [4.78, 5) is 26.3. The van der Waals surface area contributed by atoms with Crippen LogP contribution >= 0.6 is 0 Å². The van der Waals surface area contributed by atoms with Gasteiger partial charge in [-0.1, -0.05) is 24.3 Å². The van der Waals surface area contributed by atoms with Gasteiger partial charge in [-0.15, -0.1) is 0 Å². The Kier molecular flexibility index (Phi) is 18.3. The minimum atomic E-state index is -0.562. The number of esters is 2. The molecule has 4 aromatic carbocycles. The zero-order chi connectivity index (χ0) is 45.5. The Morgan fingerprint density at radius 3 is 1.87 bits per heavy atom. The highest BCUT2D eigenvalue weighted by Crippen LogP contribution is 2.37. The molecule has 3 N–H and O–H groups in total. The Balaban J connectivity index is 1.04. The van der Waals surface area contributed by atoms with E-state index in [1.54, 1.807) is 35.5 Å². The molecule has 0 aromatic heterocycles. The summed E-state index contributed by atoms with van der Waals surface area (Å²) in [5.74, 6) is 2.69. The molecule has 0 bridgehead atoms. The van der Waals surface area contributed by atoms with Gasteiger partial charge in [0, 0.05) is 49.8 Å². The summed E-state index contributed by atoms with van der Waals surface area (Å²) in [6.45, 7) is 14.6. The van der Waals surface area contributed by atoms with Crippen molar-refractivity contribution < 1.29 is 53.0 Å². The fourth-order valence-electron chi connectivity index (χ4n) is 8.74. The number of methoxy groups -OCH3 is 5. The molecule has 63 heavy (non-hydrogen) atoms. The number of nitrogens with one attached hydrogen (secondary N) is 1. The van der Waals surface area contributed by atoms with Crippen molar-refractivity contribution in [2.24, 2.45) is 0 Å². The third-order valence-electron chi connectivity index (χ3n) is 12.4. The second-order valence-corrected chi connectivity index (χ2v) is 16.7. The van der Waals surface area contributed by atoms with E-state index in [4.69, 9.17) is 33.2 Å². The third-order valence-corrected chi connectivity index (χ3v) is 12.4. The van der Waals surface area contributed by atoms with Crippen molar-refractivity contribution in [3.05, 3.63) is 122 Å². The molecular formula is C52H70N2O9+2. The van der Waals surface area contributed by atoms with Gasteiger partial charge in [-0.3, -0.25) is 0 Å². The molecule has 2 atom stereocenters. The molecule has 0 aliphatic carbocycles. The van der Waals surface area contributed by atoms with Crippen LogP contribution in [0.15, 0.2) is 60.7 Å². The zero-order valence-electron chi connectivity index (χ0n) is 39.3. The van der Waals surface area contributed by atoms with E-state index >= 15 is 0 Å². The van der Waals surface area contributed by atoms with Crippen LogP contribution in [-0.4, -0.2) is 86.9 Å². The molecule has 5 rings (SSSR count). The molecule has 1 unspecified atom stereocenters. The number of carbonyl (C=O) groups is 2. The molecule has 1 aliphatic rings. The number of benzene rings is 4. The van der Waals surface area contributed by atoms with Crippen molar-refractivity contribution in [2.75, 3.05) is 74.9 Å². The normalized spacial score (nSPS) is 14.6. The standard InChI is InChI=1S/C52H68N2O9/c1-34-27-41(14-13-39-25-36(3)38(5)46(30-39)57-6)42(28-35(34)2)17-20-53-19-11-23-62-50(55)15-16-51(56)63-24-12-21-54-22-18-43-32-47(58-7)48(59-8)33-44(43)45(54)29-40-26-37(4)52(61-10)49(31-40)60-9/h15-16,25-28,30-33,45,53H,11-14,17-24,29H2,1-10H3/p+2/b16-15-/t45-/m1/s1. The van der Waals surface area contributed by atoms with Crippen LogP contribution in [0.2, 0.25) is 0 Å². The Labute approximate surface area is 375 Å². The zero-order valence-corrected chi connectivity index (χ0v) is 39.3. The first-order valence-corrected chi connectivity index (χ1v) is 22.3. The smallest absolute Gasteiger partial charge is 0.331 e. The van der Waals surface area contributed by atoms with E-state index in [1.807, 2.05) is 13.0 Å². The second-order valence-electron chi connectivity index (χ2n) is 16.7. The molecule has 340 valence electrons. The highest BCUT2D eigenvalue weighted by molar-refractivity contribution is 5.91. The highest BCUT2D eigenvalue weighted by atomic mass is 16.5. The number of rotatable bonds is 23. The molecule has 11 nitrogen and oxygen atoms in total. The molecule has 1 aliphatic heterocycles. The van der Waals surface area contributed by atoms with Gasteiger partial charge in [0.05, 0.1) is 74.9 Å². The van der Waals surface area contributed by atoms with E-state index < -0.39 is 11.9 Å². The van der Waals surface area contributed by atoms with E-state index in [0.29, 0.717) is 24.3 Å². The first-order chi connectivity index (χ1) is 30.4. The van der Waals surface area contributed by atoms with Crippen molar-refractivity contribution in [3.63, 3.8) is 0 Å². The van der Waals surface area contributed by atoms with Gasteiger partial charge in [-0.25, -0.2) is 9.59 Å². The molecule has 0 saturated heterocycles. The maximum Gasteiger partial charge on any atom is 0.331 e. The fraction of sp³-hybridized carbons (Fsp3) is 0.462. The predicted octanol–water partition coefficient (Wildman–Crippen LogP) is 6.01. The Bertz CT molecular complexity index is 2210. The Morgan fingerprint density at radius 1 is 0.619 bits per heavy atom. The predicted molar refractivity (Wildman–Crippen MR) is 246 cm³/mol. The van der Waals surface area contributed by atoms with E-state index in [9.17, 15) is 9.59 Å². The molecular weight excluding hydrogens is 797 g/mol. The van der Waals surface area contributed by atoms with Gasteiger partial charge < -0.3 is 43.4 Å². The van der Waals surface area contributed by atoms with Crippen molar-refractivity contribution in [2.45, 2.75) is 85.6 Å². The van der Waals surface area contributed by atoms with Crippen LogP contribution in [0.3, 0.4) is 0 Å². The number of quaternary nitrogens is 2. The Hall–Kier alpha value is -5.52. The van der Waals surface area contributed by atoms with Crippen LogP contribution in [0.25, 0.3) is 0 Å². The average Bonchev–Trinajstić information content (AvgIpc) is 3.28. The summed E-state index contributed by atoms with van der Waals surface area (Å²) in [5.41, 5.74) is 13.8. The lowest BCUT2D eigenvalue weighted by Crippen LogP contribution is -3.13. The van der Waals surface area contributed by atoms with E-state index in [0.717, 1.165) is 98.8 Å². The minimum Gasteiger partial charge on any atom is -0.496 e. The molecule has 0 spiro atoms. The lowest BCUT2D eigenvalue weighted by Gasteiger charge is -2.35. The summed E-state index contributed by atoms with van der Waals surface area (Å²) >= 11 is 0. The van der Waals surface area contributed by atoms with E-state index in [-0.39, 0.29) is 19.3 Å². The highest BCUT2D eigenvalue weighted by Gasteiger charge is 2.33. The van der Waals surface area contributed by atoms with Crippen LogP contribution in [0.4, 0.5) is 0 Å². The molecule has 0 fully saturated rings. The van der Waals surface area contributed by atoms with E-state index in [2.05, 4.69) is 75.5 Å². The SMILES string of the molecule is COc1cc2c(cc1OC)[C@@H](Cc1cc(C)c(OC)c(OC)c1)[NH+](CCCOC(=O)/C=C\C(=O)OCCC[NH2+]CCc1cc(C)c(C)cc1CCc1cc(C)c(C)c(OC)c1)CC2. The van der Waals surface area contributed by atoms with Crippen molar-refractivity contribution in [3.8, 4) is 28.7 Å². The molecule has 4 aromatic rings. The summed E-state index contributed by atoms with van der Waals surface area (Å²) in [6.07, 6.45) is 8.23. The first-order valence-electron chi connectivity index (χ1n) is 22.3. The van der Waals surface area contributed by atoms with E-state index in [1.165, 1.54) is 55.0 Å². The van der Waals surface area contributed by atoms with Crippen LogP contribution in [-0.2, 0) is 51.2 Å². The number of ether oxygens (including phenoxy) is 7. The number of fused-ring (bicyclic) bond motifs is 1. The third kappa shape index (κ3) is 13.3. The number of hydrogen-bond donors (Lipinski definition) is 2. The van der Waals surface area contributed by atoms with Gasteiger partial charge in [0.15, 0.2) is 23.0 Å². The van der Waals surface area contributed by atoms with Crippen LogP contribution in [0.5, 0.6) is 28.7 Å². The quantitative estimate of drug-likeness (QED) is 0.0525. The Morgan fingerprint density at radius 2 is 1.22 bits per heavy atom. The molecule has 1 heterocycles. The fourth-order valence-corrected chi connectivity index (χ4v) is 8.74. The molecule has 0 saturated carbocycles. The first kappa shape index (κ1) is 48.5. The number of carbonyl (C=O) groups excluding carboxylic acids is 2. The van der Waals surface area contributed by atoms with Gasteiger partial charge in [-0.2, -0.15) is 0 Å². The largest absolute Gasteiger partial charge is 0.496 e. The van der Waals surface area contributed by atoms with Gasteiger partial charge in [0.1, 0.15) is 11.8 Å². The summed E-state index contributed by atoms with van der Waals surface area (Å²) in [6, 6.07) is 17.6. The molecule has 11 heteroatoms. The van der Waals surface area contributed by atoms with Gasteiger partial charge >= 0.3 is 11.9 Å². The summed E-state index contributed by atoms with van der Waals surface area (Å²) in [7, 11) is 8.36. The monoisotopic (exact) mass is 867 g/mol. The summed E-state index contributed by atoms with van der Waals surface area (Å²) in [5, 5.41) is 2.27. The van der Waals surface area contributed by atoms with Crippen molar-refractivity contribution >= 4 is 11.9 Å². The lowest BCUT2D eigenvalue weighted by atomic mass is 9.87. The number of aryl methyl sites for hydroxylation is 6.